The highest BCUT2D eigenvalue weighted by Crippen LogP contribution is 2.19. The van der Waals surface area contributed by atoms with E-state index in [0.717, 1.165) is 0 Å². The van der Waals surface area contributed by atoms with Crippen LogP contribution in [0.4, 0.5) is 0 Å². The van der Waals surface area contributed by atoms with Gasteiger partial charge in [-0.25, -0.2) is 9.59 Å². The molecule has 6 nitrogen and oxygen atoms in total. The molecule has 0 atom stereocenters. The summed E-state index contributed by atoms with van der Waals surface area (Å²) in [5.41, 5.74) is 3.62. The van der Waals surface area contributed by atoms with Gasteiger partial charge in [0.15, 0.2) is 0 Å². The molecule has 0 radical (unpaired) electrons. The van der Waals surface area contributed by atoms with Gasteiger partial charge in [-0.05, 0) is 60.7 Å². The van der Waals surface area contributed by atoms with Crippen LogP contribution in [0.15, 0.2) is 78.1 Å². The van der Waals surface area contributed by atoms with Crippen molar-refractivity contribution >= 4 is 11.9 Å². The lowest BCUT2D eigenvalue weighted by atomic mass is 10.2. The lowest BCUT2D eigenvalue weighted by Crippen LogP contribution is -2.10. The maximum Gasteiger partial charge on any atom is 0.346 e. The second kappa shape index (κ2) is 9.97. The van der Waals surface area contributed by atoms with E-state index >= 15 is 0 Å². The van der Waals surface area contributed by atoms with Gasteiger partial charge in [-0.1, -0.05) is 6.08 Å². The van der Waals surface area contributed by atoms with Crippen molar-refractivity contribution in [2.75, 3.05) is 20.3 Å². The van der Waals surface area contributed by atoms with Gasteiger partial charge in [0.25, 0.3) is 0 Å². The van der Waals surface area contributed by atoms with Crippen LogP contribution in [0.5, 0.6) is 17.2 Å². The van der Waals surface area contributed by atoms with E-state index in [-0.39, 0.29) is 6.61 Å². The average molecular weight is 392 g/mol. The van der Waals surface area contributed by atoms with Crippen LogP contribution in [0.3, 0.4) is 0 Å². The van der Waals surface area contributed by atoms with Gasteiger partial charge >= 0.3 is 11.9 Å². The molecule has 1 aliphatic rings. The zero-order valence-electron chi connectivity index (χ0n) is 15.9. The summed E-state index contributed by atoms with van der Waals surface area (Å²) in [6, 6.07) is 13.4. The van der Waals surface area contributed by atoms with Crippen molar-refractivity contribution in [3.63, 3.8) is 0 Å². The number of ether oxygens (including phenoxy) is 4. The summed E-state index contributed by atoms with van der Waals surface area (Å²) >= 11 is 0. The first-order valence-electron chi connectivity index (χ1n) is 9.05. The average Bonchev–Trinajstić information content (AvgIpc) is 3.29. The fourth-order valence-corrected chi connectivity index (χ4v) is 2.45. The maximum atomic E-state index is 12.2. The lowest BCUT2D eigenvalue weighted by molar-refractivity contribution is -0.138. The summed E-state index contributed by atoms with van der Waals surface area (Å²) in [6.45, 7) is 0.637. The Hall–Kier alpha value is -3.76. The zero-order chi connectivity index (χ0) is 20.5. The van der Waals surface area contributed by atoms with Gasteiger partial charge in [0.05, 0.1) is 25.9 Å². The van der Waals surface area contributed by atoms with Gasteiger partial charge in [0.1, 0.15) is 22.8 Å². The van der Waals surface area contributed by atoms with Crippen molar-refractivity contribution < 1.29 is 28.5 Å². The van der Waals surface area contributed by atoms with Crippen LogP contribution in [0, 0.1) is 0 Å². The highest BCUT2D eigenvalue weighted by atomic mass is 16.5. The molecule has 0 unspecified atom stereocenters. The Balaban J connectivity index is 1.40. The second-order valence-corrected chi connectivity index (χ2v) is 6.01. The molecule has 0 aliphatic heterocycles. The van der Waals surface area contributed by atoms with Crippen LogP contribution in [0.1, 0.15) is 16.8 Å². The Morgan fingerprint density at radius 3 is 2.21 bits per heavy atom. The Morgan fingerprint density at radius 2 is 1.55 bits per heavy atom. The van der Waals surface area contributed by atoms with Crippen molar-refractivity contribution in [3.05, 3.63) is 83.6 Å². The van der Waals surface area contributed by atoms with Gasteiger partial charge in [-0.15, -0.1) is 5.73 Å². The predicted octanol–water partition coefficient (Wildman–Crippen LogP) is 3.88. The van der Waals surface area contributed by atoms with E-state index in [0.29, 0.717) is 41.4 Å². The molecule has 1 aliphatic carbocycles. The molecular weight excluding hydrogens is 372 g/mol. The summed E-state index contributed by atoms with van der Waals surface area (Å²) < 4.78 is 21.1. The van der Waals surface area contributed by atoms with Crippen molar-refractivity contribution in [1.29, 1.82) is 0 Å². The van der Waals surface area contributed by atoms with Gasteiger partial charge in [0, 0.05) is 6.42 Å². The van der Waals surface area contributed by atoms with Crippen LogP contribution in [0.2, 0.25) is 0 Å². The third-order valence-electron chi connectivity index (χ3n) is 3.97. The molecule has 29 heavy (non-hydrogen) atoms. The smallest absolute Gasteiger partial charge is 0.346 e. The number of hydrogen-bond acceptors (Lipinski definition) is 6. The van der Waals surface area contributed by atoms with Gasteiger partial charge in [-0.2, -0.15) is 0 Å². The number of rotatable bonds is 9. The molecule has 0 fully saturated rings. The van der Waals surface area contributed by atoms with E-state index < -0.39 is 11.9 Å². The molecule has 148 valence electrons. The molecule has 2 aromatic carbocycles. The number of carbonyl (C=O) groups is 2. The molecule has 0 bridgehead atoms. The Morgan fingerprint density at radius 1 is 0.862 bits per heavy atom. The van der Waals surface area contributed by atoms with Crippen LogP contribution < -0.4 is 14.2 Å². The van der Waals surface area contributed by atoms with Crippen LogP contribution in [-0.2, 0) is 9.53 Å². The minimum Gasteiger partial charge on any atom is -0.497 e. The van der Waals surface area contributed by atoms with Crippen LogP contribution in [-0.4, -0.2) is 32.3 Å². The third-order valence-corrected chi connectivity index (χ3v) is 3.97. The first-order valence-corrected chi connectivity index (χ1v) is 9.05. The minimum absolute atomic E-state index is 0.254. The Labute approximate surface area is 168 Å². The number of benzene rings is 2. The highest BCUT2D eigenvalue weighted by molar-refractivity contribution is 5.92. The monoisotopic (exact) mass is 392 g/mol. The number of allylic oxidation sites excluding steroid dienone is 1. The van der Waals surface area contributed by atoms with Crippen molar-refractivity contribution in [1.82, 2.24) is 0 Å². The first-order chi connectivity index (χ1) is 14.2. The molecule has 0 saturated heterocycles. The highest BCUT2D eigenvalue weighted by Gasteiger charge is 2.10. The molecule has 0 saturated carbocycles. The normalized spacial score (nSPS) is 11.7. The third kappa shape index (κ3) is 5.86. The largest absolute Gasteiger partial charge is 0.497 e. The SMILES string of the molecule is COc1ccc(OC(=O)c2ccc(OCCCOC(=O)C3=C=CC=C3)cc2)cc1. The zero-order valence-corrected chi connectivity index (χ0v) is 15.9. The van der Waals surface area contributed by atoms with Gasteiger partial charge in [0.2, 0.25) is 0 Å². The second-order valence-electron chi connectivity index (χ2n) is 6.01. The first kappa shape index (κ1) is 20.0. The summed E-state index contributed by atoms with van der Waals surface area (Å²) in [5, 5.41) is 0. The quantitative estimate of drug-likeness (QED) is 0.279. The number of carbonyl (C=O) groups excluding carboxylic acids is 2. The van der Waals surface area contributed by atoms with E-state index in [4.69, 9.17) is 18.9 Å². The van der Waals surface area contributed by atoms with Crippen molar-refractivity contribution in [3.8, 4) is 17.2 Å². The fraction of sp³-hybridized carbons (Fsp3) is 0.174. The van der Waals surface area contributed by atoms with Crippen molar-refractivity contribution in [2.24, 2.45) is 0 Å². The Kier molecular flexibility index (Phi) is 6.87. The molecule has 0 spiro atoms. The van der Waals surface area contributed by atoms with E-state index in [1.54, 1.807) is 73.9 Å². The minimum atomic E-state index is -0.460. The molecule has 3 rings (SSSR count). The number of esters is 2. The predicted molar refractivity (Wildman–Crippen MR) is 106 cm³/mol. The fourth-order valence-electron chi connectivity index (χ4n) is 2.45. The van der Waals surface area contributed by atoms with Gasteiger partial charge in [-0.3, -0.25) is 0 Å². The standard InChI is InChI=1S/C23H20O6/c1-26-19-11-13-21(14-12-19)29-23(25)18-7-9-20(10-8-18)27-15-4-16-28-22(24)17-5-2-3-6-17/h2-3,5,7-14H,4,15-16H2,1H3. The lowest BCUT2D eigenvalue weighted by Gasteiger charge is -2.08. The van der Waals surface area contributed by atoms with E-state index in [1.807, 2.05) is 0 Å². The molecule has 0 aromatic heterocycles. The van der Waals surface area contributed by atoms with Crippen LogP contribution in [0.25, 0.3) is 0 Å². The topological polar surface area (TPSA) is 71.1 Å². The van der Waals surface area contributed by atoms with E-state index in [1.165, 1.54) is 0 Å². The maximum absolute atomic E-state index is 12.2. The van der Waals surface area contributed by atoms with E-state index in [2.05, 4.69) is 5.73 Å². The molecular formula is C23H20O6. The van der Waals surface area contributed by atoms with E-state index in [9.17, 15) is 9.59 Å². The summed E-state index contributed by atoms with van der Waals surface area (Å²) in [5.74, 6) is 0.879. The summed E-state index contributed by atoms with van der Waals surface area (Å²) in [4.78, 5) is 23.9. The Bertz CT molecular complexity index is 948. The molecule has 0 heterocycles. The van der Waals surface area contributed by atoms with Crippen LogP contribution >= 0.6 is 0 Å². The number of hydrogen-bond donors (Lipinski definition) is 0. The van der Waals surface area contributed by atoms with Crippen molar-refractivity contribution in [2.45, 2.75) is 6.42 Å². The number of methoxy groups -OCH3 is 1. The summed E-state index contributed by atoms with van der Waals surface area (Å²) in [7, 11) is 1.57. The molecule has 0 amide bonds. The van der Waals surface area contributed by atoms with Gasteiger partial charge < -0.3 is 18.9 Å². The molecule has 0 N–H and O–H groups in total. The summed E-state index contributed by atoms with van der Waals surface area (Å²) in [6.07, 6.45) is 5.60. The molecule has 2 aromatic rings. The molecule has 6 heteroatoms.